The number of aromatic nitrogens is 2. The van der Waals surface area contributed by atoms with Crippen LogP contribution in [0.5, 0.6) is 0 Å². The van der Waals surface area contributed by atoms with E-state index in [1.165, 1.54) is 0 Å². The lowest BCUT2D eigenvalue weighted by Crippen LogP contribution is -2.40. The van der Waals surface area contributed by atoms with Crippen LogP contribution in [0.2, 0.25) is 5.02 Å². The Morgan fingerprint density at radius 3 is 2.43 bits per heavy atom. The zero-order chi connectivity index (χ0) is 15.8. The highest BCUT2D eigenvalue weighted by molar-refractivity contribution is 6.31. The molecule has 0 aliphatic heterocycles. The Morgan fingerprint density at radius 2 is 1.95 bits per heavy atom. The van der Waals surface area contributed by atoms with Crippen LogP contribution in [0.3, 0.4) is 0 Å². The number of hydrazine groups is 1. The second kappa shape index (κ2) is 9.41. The molecule has 1 aromatic heterocycles. The van der Waals surface area contributed by atoms with Crippen molar-refractivity contribution < 1.29 is 0 Å². The van der Waals surface area contributed by atoms with Gasteiger partial charge in [-0.3, -0.25) is 16.0 Å². The Morgan fingerprint density at radius 1 is 1.29 bits per heavy atom. The number of hydrogen-bond acceptors (Lipinski definition) is 4. The molecular formula is C15H30ClN5. The van der Waals surface area contributed by atoms with E-state index in [0.717, 1.165) is 61.9 Å². The zero-order valence-electron chi connectivity index (χ0n) is 13.8. The molecule has 3 N–H and O–H groups in total. The number of hydrogen-bond donors (Lipinski definition) is 2. The first-order valence-corrected chi connectivity index (χ1v) is 8.41. The van der Waals surface area contributed by atoms with E-state index in [9.17, 15) is 0 Å². The molecule has 0 aromatic carbocycles. The molecule has 0 saturated carbocycles. The van der Waals surface area contributed by atoms with Crippen LogP contribution in [0.15, 0.2) is 0 Å². The topological polar surface area (TPSA) is 59.1 Å². The van der Waals surface area contributed by atoms with Crippen LogP contribution < -0.4 is 11.3 Å². The monoisotopic (exact) mass is 315 g/mol. The van der Waals surface area contributed by atoms with Gasteiger partial charge < -0.3 is 4.90 Å². The Kier molecular flexibility index (Phi) is 8.26. The summed E-state index contributed by atoms with van der Waals surface area (Å²) in [6.07, 6.45) is 2.68. The van der Waals surface area contributed by atoms with E-state index in [2.05, 4.69) is 43.1 Å². The molecule has 0 fully saturated rings. The lowest BCUT2D eigenvalue weighted by molar-refractivity contribution is 0.280. The van der Waals surface area contributed by atoms with Gasteiger partial charge in [0.2, 0.25) is 0 Å². The molecule has 122 valence electrons. The summed E-state index contributed by atoms with van der Waals surface area (Å²) < 4.78 is 2.00. The number of aryl methyl sites for hydroxylation is 2. The smallest absolute Gasteiger partial charge is 0.0850 e. The summed E-state index contributed by atoms with van der Waals surface area (Å²) in [5.41, 5.74) is 5.01. The Hall–Kier alpha value is -0.620. The molecule has 1 unspecified atom stereocenters. The molecule has 0 aliphatic carbocycles. The van der Waals surface area contributed by atoms with Crippen molar-refractivity contribution in [1.82, 2.24) is 20.1 Å². The molecule has 0 amide bonds. The van der Waals surface area contributed by atoms with Gasteiger partial charge in [-0.1, -0.05) is 32.4 Å². The van der Waals surface area contributed by atoms with E-state index in [1.807, 2.05) is 4.68 Å². The van der Waals surface area contributed by atoms with Gasteiger partial charge in [-0.25, -0.2) is 0 Å². The molecule has 1 aromatic rings. The van der Waals surface area contributed by atoms with Crippen molar-refractivity contribution in [1.29, 1.82) is 0 Å². The van der Waals surface area contributed by atoms with Crippen molar-refractivity contribution in [2.24, 2.45) is 5.84 Å². The van der Waals surface area contributed by atoms with E-state index in [-0.39, 0.29) is 6.04 Å². The first-order valence-electron chi connectivity index (χ1n) is 8.03. The second-order valence-electron chi connectivity index (χ2n) is 5.26. The third kappa shape index (κ3) is 4.95. The van der Waals surface area contributed by atoms with Crippen LogP contribution in [0.25, 0.3) is 0 Å². The molecule has 0 saturated heterocycles. The Bertz CT molecular complexity index is 414. The van der Waals surface area contributed by atoms with Crippen molar-refractivity contribution >= 4 is 11.6 Å². The Labute approximate surface area is 133 Å². The van der Waals surface area contributed by atoms with Gasteiger partial charge in [0.1, 0.15) is 0 Å². The average molecular weight is 316 g/mol. The van der Waals surface area contributed by atoms with Crippen molar-refractivity contribution in [3.63, 3.8) is 0 Å². The third-order valence-electron chi connectivity index (χ3n) is 4.06. The van der Waals surface area contributed by atoms with E-state index in [4.69, 9.17) is 17.4 Å². The van der Waals surface area contributed by atoms with E-state index < -0.39 is 0 Å². The maximum absolute atomic E-state index is 6.46. The fourth-order valence-electron chi connectivity index (χ4n) is 2.57. The van der Waals surface area contributed by atoms with Crippen molar-refractivity contribution in [2.75, 3.05) is 19.6 Å². The summed E-state index contributed by atoms with van der Waals surface area (Å²) in [5, 5.41) is 5.38. The van der Waals surface area contributed by atoms with E-state index >= 15 is 0 Å². The fraction of sp³-hybridized carbons (Fsp3) is 0.800. The summed E-state index contributed by atoms with van der Waals surface area (Å²) in [6.45, 7) is 12.6. The van der Waals surface area contributed by atoms with Gasteiger partial charge in [0.15, 0.2) is 0 Å². The number of rotatable bonds is 10. The van der Waals surface area contributed by atoms with Gasteiger partial charge in [-0.05, 0) is 39.4 Å². The molecule has 0 aliphatic rings. The summed E-state index contributed by atoms with van der Waals surface area (Å²) in [4.78, 5) is 2.40. The third-order valence-corrected chi connectivity index (χ3v) is 4.49. The number of halogens is 1. The minimum absolute atomic E-state index is 0.217. The van der Waals surface area contributed by atoms with Crippen molar-refractivity contribution in [3.8, 4) is 0 Å². The molecule has 1 rings (SSSR count). The van der Waals surface area contributed by atoms with Gasteiger partial charge in [-0.2, -0.15) is 5.10 Å². The van der Waals surface area contributed by atoms with Crippen LogP contribution in [0.1, 0.15) is 45.5 Å². The highest BCUT2D eigenvalue weighted by Gasteiger charge is 2.18. The molecule has 1 heterocycles. The number of nitrogens with one attached hydrogen (secondary N) is 1. The first kappa shape index (κ1) is 18.4. The quantitative estimate of drug-likeness (QED) is 0.513. The predicted molar refractivity (Wildman–Crippen MR) is 89.5 cm³/mol. The summed E-state index contributed by atoms with van der Waals surface area (Å²) in [5.74, 6) is 5.73. The molecule has 1 atom stereocenters. The van der Waals surface area contributed by atoms with Gasteiger partial charge in [0.05, 0.1) is 16.4 Å². The van der Waals surface area contributed by atoms with Crippen LogP contribution in [0.4, 0.5) is 0 Å². The SMILES string of the molecule is CCc1nn(CC)c(CC(CCN(CC)CC)NN)c1Cl. The minimum Gasteiger partial charge on any atom is -0.304 e. The summed E-state index contributed by atoms with van der Waals surface area (Å²) in [6, 6.07) is 0.217. The molecule has 0 bridgehead atoms. The van der Waals surface area contributed by atoms with Crippen LogP contribution in [-0.4, -0.2) is 40.4 Å². The standard InChI is InChI=1S/C15H30ClN5/c1-5-13-15(16)14(21(8-4)19-13)11-12(18-17)9-10-20(6-2)7-3/h12,18H,5-11,17H2,1-4H3. The van der Waals surface area contributed by atoms with Crippen molar-refractivity contribution in [2.45, 2.75) is 59.5 Å². The maximum Gasteiger partial charge on any atom is 0.0850 e. The molecule has 0 spiro atoms. The van der Waals surface area contributed by atoms with E-state index in [1.54, 1.807) is 0 Å². The highest BCUT2D eigenvalue weighted by atomic mass is 35.5. The van der Waals surface area contributed by atoms with E-state index in [0.29, 0.717) is 0 Å². The predicted octanol–water partition coefficient (Wildman–Crippen LogP) is 2.23. The van der Waals surface area contributed by atoms with Crippen LogP contribution >= 0.6 is 11.6 Å². The molecular weight excluding hydrogens is 286 g/mol. The zero-order valence-corrected chi connectivity index (χ0v) is 14.6. The average Bonchev–Trinajstić information content (AvgIpc) is 2.82. The molecule has 21 heavy (non-hydrogen) atoms. The minimum atomic E-state index is 0.217. The van der Waals surface area contributed by atoms with Crippen LogP contribution in [0, 0.1) is 0 Å². The fourth-order valence-corrected chi connectivity index (χ4v) is 2.91. The normalized spacial score (nSPS) is 13.1. The van der Waals surface area contributed by atoms with Crippen molar-refractivity contribution in [3.05, 3.63) is 16.4 Å². The van der Waals surface area contributed by atoms with Gasteiger partial charge in [0, 0.05) is 19.0 Å². The van der Waals surface area contributed by atoms with Gasteiger partial charge in [0.25, 0.3) is 0 Å². The van der Waals surface area contributed by atoms with Gasteiger partial charge >= 0.3 is 0 Å². The largest absolute Gasteiger partial charge is 0.304 e. The molecule has 5 nitrogen and oxygen atoms in total. The lowest BCUT2D eigenvalue weighted by atomic mass is 10.1. The van der Waals surface area contributed by atoms with Crippen LogP contribution in [-0.2, 0) is 19.4 Å². The summed E-state index contributed by atoms with van der Waals surface area (Å²) >= 11 is 6.46. The second-order valence-corrected chi connectivity index (χ2v) is 5.64. The number of nitrogens with zero attached hydrogens (tertiary/aromatic N) is 3. The highest BCUT2D eigenvalue weighted by Crippen LogP contribution is 2.23. The first-order chi connectivity index (χ1) is 10.1. The van der Waals surface area contributed by atoms with Gasteiger partial charge in [-0.15, -0.1) is 0 Å². The maximum atomic E-state index is 6.46. The molecule has 0 radical (unpaired) electrons. The molecule has 6 heteroatoms. The number of nitrogens with two attached hydrogens (primary N) is 1. The lowest BCUT2D eigenvalue weighted by Gasteiger charge is -2.22. The summed E-state index contributed by atoms with van der Waals surface area (Å²) in [7, 11) is 0. The Balaban J connectivity index is 2.74.